The second kappa shape index (κ2) is 9.38. The van der Waals surface area contributed by atoms with Crippen molar-refractivity contribution in [1.82, 2.24) is 20.4 Å². The first-order valence-corrected chi connectivity index (χ1v) is 10.5. The molecule has 0 aliphatic rings. The van der Waals surface area contributed by atoms with E-state index in [0.29, 0.717) is 22.2 Å². The Morgan fingerprint density at radius 3 is 1.46 bits per heavy atom. The fourth-order valence-electron chi connectivity index (χ4n) is 2.31. The molecule has 0 saturated carbocycles. The zero-order chi connectivity index (χ0) is 19.0. The Bertz CT molecular complexity index is 949. The second-order valence-electron chi connectivity index (χ2n) is 5.57. The number of benzene rings is 2. The minimum absolute atomic E-state index is 0.535. The molecule has 0 fully saturated rings. The van der Waals surface area contributed by atoms with E-state index in [0.717, 1.165) is 22.6 Å². The van der Waals surface area contributed by atoms with E-state index in [1.165, 1.54) is 23.5 Å². The van der Waals surface area contributed by atoms with Gasteiger partial charge < -0.3 is 8.83 Å². The monoisotopic (exact) mass is 408 g/mol. The Labute approximate surface area is 170 Å². The number of nitrogens with zero attached hydrogens (tertiary/aromatic N) is 4. The van der Waals surface area contributed by atoms with Gasteiger partial charge in [0, 0.05) is 22.6 Å². The van der Waals surface area contributed by atoms with Gasteiger partial charge in [0.25, 0.3) is 10.4 Å². The molecule has 0 aliphatic carbocycles. The van der Waals surface area contributed by atoms with E-state index in [-0.39, 0.29) is 0 Å². The van der Waals surface area contributed by atoms with Crippen molar-refractivity contribution in [2.24, 2.45) is 0 Å². The Hall–Kier alpha value is -2.84. The molecule has 0 saturated heterocycles. The highest BCUT2D eigenvalue weighted by molar-refractivity contribution is 7.99. The number of hydrogen-bond donors (Lipinski definition) is 0. The third-order valence-corrected chi connectivity index (χ3v) is 5.17. The number of rotatable bonds is 8. The molecule has 0 N–H and O–H groups in total. The third kappa shape index (κ3) is 4.90. The number of thioether (sulfide) groups is 2. The van der Waals surface area contributed by atoms with Gasteiger partial charge in [-0.3, -0.25) is 0 Å². The Kier molecular flexibility index (Phi) is 6.21. The van der Waals surface area contributed by atoms with Crippen molar-refractivity contribution in [3.63, 3.8) is 0 Å². The molecule has 0 unspecified atom stereocenters. The summed E-state index contributed by atoms with van der Waals surface area (Å²) in [5.41, 5.74) is 1.84. The van der Waals surface area contributed by atoms with Gasteiger partial charge in [-0.25, -0.2) is 0 Å². The van der Waals surface area contributed by atoms with Crippen molar-refractivity contribution < 1.29 is 8.83 Å². The molecule has 0 radical (unpaired) electrons. The van der Waals surface area contributed by atoms with E-state index in [1.807, 2.05) is 60.7 Å². The average molecular weight is 409 g/mol. The zero-order valence-corrected chi connectivity index (χ0v) is 16.4. The Morgan fingerprint density at radius 1 is 0.607 bits per heavy atom. The predicted octanol–water partition coefficient (Wildman–Crippen LogP) is 5.23. The van der Waals surface area contributed by atoms with Crippen LogP contribution in [0, 0.1) is 0 Å². The topological polar surface area (TPSA) is 77.8 Å². The van der Waals surface area contributed by atoms with Gasteiger partial charge in [0.1, 0.15) is 0 Å². The molecule has 8 heteroatoms. The molecule has 2 aromatic heterocycles. The third-order valence-electron chi connectivity index (χ3n) is 3.63. The molecule has 6 nitrogen and oxygen atoms in total. The quantitative estimate of drug-likeness (QED) is 0.290. The normalized spacial score (nSPS) is 11.3. The molecule has 2 aromatic carbocycles. The van der Waals surface area contributed by atoms with E-state index in [4.69, 9.17) is 8.83 Å². The van der Waals surface area contributed by atoms with E-state index in [9.17, 15) is 0 Å². The smallest absolute Gasteiger partial charge is 0.277 e. The summed E-state index contributed by atoms with van der Waals surface area (Å²) < 4.78 is 11.3. The van der Waals surface area contributed by atoms with Gasteiger partial charge in [0.15, 0.2) is 0 Å². The molecule has 0 spiro atoms. The summed E-state index contributed by atoms with van der Waals surface area (Å²) in [5.74, 6) is 2.56. The molecule has 2 heterocycles. The fourth-order valence-corrected chi connectivity index (χ4v) is 3.53. The van der Waals surface area contributed by atoms with Crippen LogP contribution in [0.5, 0.6) is 0 Å². The minimum Gasteiger partial charge on any atom is -0.411 e. The van der Waals surface area contributed by atoms with Crippen LogP contribution in [-0.2, 0) is 0 Å². The van der Waals surface area contributed by atoms with Crippen LogP contribution in [0.15, 0.2) is 92.1 Å². The molecule has 28 heavy (non-hydrogen) atoms. The molecule has 0 atom stereocenters. The summed E-state index contributed by atoms with van der Waals surface area (Å²) in [6.45, 7) is 0. The summed E-state index contributed by atoms with van der Waals surface area (Å²) in [6, 6.07) is 19.5. The number of hydrogen-bond acceptors (Lipinski definition) is 8. The van der Waals surface area contributed by atoms with Crippen LogP contribution >= 0.6 is 23.5 Å². The van der Waals surface area contributed by atoms with Crippen molar-refractivity contribution >= 4 is 23.5 Å². The van der Waals surface area contributed by atoms with E-state index < -0.39 is 0 Å². The van der Waals surface area contributed by atoms with Gasteiger partial charge in [-0.1, -0.05) is 72.1 Å². The van der Waals surface area contributed by atoms with Gasteiger partial charge >= 0.3 is 0 Å². The first kappa shape index (κ1) is 18.5. The fraction of sp³-hybridized carbons (Fsp3) is 0.100. The summed E-state index contributed by atoms with van der Waals surface area (Å²) in [5, 5.41) is 17.4. The molecule has 140 valence electrons. The highest BCUT2D eigenvalue weighted by atomic mass is 32.2. The summed E-state index contributed by atoms with van der Waals surface area (Å²) >= 11 is 2.99. The molecule has 0 bridgehead atoms. The molecule has 0 aliphatic heterocycles. The van der Waals surface area contributed by atoms with Crippen LogP contribution in [0.25, 0.3) is 22.9 Å². The van der Waals surface area contributed by atoms with E-state index in [2.05, 4.69) is 32.5 Å². The lowest BCUT2D eigenvalue weighted by atomic mass is 10.2. The maximum absolute atomic E-state index is 5.66. The summed E-state index contributed by atoms with van der Waals surface area (Å²) in [6.07, 6.45) is 4.11. The summed E-state index contributed by atoms with van der Waals surface area (Å²) in [4.78, 5) is 0. The molecule has 4 rings (SSSR count). The zero-order valence-electron chi connectivity index (χ0n) is 14.8. The van der Waals surface area contributed by atoms with Crippen molar-refractivity contribution in [1.29, 1.82) is 0 Å². The van der Waals surface area contributed by atoms with Crippen LogP contribution in [0.3, 0.4) is 0 Å². The van der Waals surface area contributed by atoms with Crippen LogP contribution in [0.4, 0.5) is 0 Å². The van der Waals surface area contributed by atoms with Gasteiger partial charge in [-0.2, -0.15) is 0 Å². The van der Waals surface area contributed by atoms with Gasteiger partial charge in [0.2, 0.25) is 11.8 Å². The largest absolute Gasteiger partial charge is 0.411 e. The second-order valence-corrected chi connectivity index (χ2v) is 7.51. The first-order valence-electron chi connectivity index (χ1n) is 8.57. The highest BCUT2D eigenvalue weighted by Gasteiger charge is 2.08. The maximum atomic E-state index is 5.66. The van der Waals surface area contributed by atoms with Gasteiger partial charge in [-0.05, 0) is 24.3 Å². The standard InChI is InChI=1S/C20H16N4O2S2/c1-3-9-15(10-4-1)17-21-23-19(25-17)27-13-7-8-14-28-20-24-22-18(26-20)16-11-5-2-6-12-16/h1-12H,13-14H2/b8-7+. The summed E-state index contributed by atoms with van der Waals surface area (Å²) in [7, 11) is 0. The lowest BCUT2D eigenvalue weighted by molar-refractivity contribution is 0.466. The van der Waals surface area contributed by atoms with Crippen LogP contribution in [0.1, 0.15) is 0 Å². The average Bonchev–Trinajstić information content (AvgIpc) is 3.42. The van der Waals surface area contributed by atoms with Crippen molar-refractivity contribution in [2.45, 2.75) is 10.4 Å². The Balaban J connectivity index is 1.21. The van der Waals surface area contributed by atoms with E-state index >= 15 is 0 Å². The predicted molar refractivity (Wildman–Crippen MR) is 110 cm³/mol. The lowest BCUT2D eigenvalue weighted by Crippen LogP contribution is -1.77. The van der Waals surface area contributed by atoms with E-state index in [1.54, 1.807) is 0 Å². The van der Waals surface area contributed by atoms with Crippen molar-refractivity contribution in [2.75, 3.05) is 11.5 Å². The SMILES string of the molecule is C(=C\CSc1nnc(-c2ccccc2)o1)/CSc1nnc(-c2ccccc2)o1. The number of aromatic nitrogens is 4. The van der Waals surface area contributed by atoms with Crippen molar-refractivity contribution in [3.8, 4) is 22.9 Å². The molecule has 0 amide bonds. The highest BCUT2D eigenvalue weighted by Crippen LogP contribution is 2.24. The van der Waals surface area contributed by atoms with Gasteiger partial charge in [0.05, 0.1) is 0 Å². The first-order chi connectivity index (χ1) is 13.9. The van der Waals surface area contributed by atoms with Crippen molar-refractivity contribution in [3.05, 3.63) is 72.8 Å². The van der Waals surface area contributed by atoms with Crippen LogP contribution < -0.4 is 0 Å². The lowest BCUT2D eigenvalue weighted by Gasteiger charge is -1.93. The van der Waals surface area contributed by atoms with Crippen LogP contribution in [-0.4, -0.2) is 31.9 Å². The minimum atomic E-state index is 0.535. The molecule has 4 aromatic rings. The maximum Gasteiger partial charge on any atom is 0.277 e. The molecular formula is C20H16N4O2S2. The van der Waals surface area contributed by atoms with Gasteiger partial charge in [-0.15, -0.1) is 20.4 Å². The molecular weight excluding hydrogens is 392 g/mol. The van der Waals surface area contributed by atoms with Crippen LogP contribution in [0.2, 0.25) is 0 Å². The Morgan fingerprint density at radius 2 is 1.04 bits per heavy atom.